The van der Waals surface area contributed by atoms with E-state index in [0.29, 0.717) is 25.7 Å². The number of methoxy groups -OCH3 is 1. The number of esters is 1. The van der Waals surface area contributed by atoms with Crippen molar-refractivity contribution in [1.82, 2.24) is 9.88 Å². The highest BCUT2D eigenvalue weighted by atomic mass is 35.5. The zero-order valence-corrected chi connectivity index (χ0v) is 19.2. The first kappa shape index (κ1) is 23.0. The first-order valence-corrected chi connectivity index (χ1v) is 11.4. The van der Waals surface area contributed by atoms with E-state index in [1.165, 1.54) is 24.9 Å². The predicted molar refractivity (Wildman–Crippen MR) is 122 cm³/mol. The lowest BCUT2D eigenvalue weighted by molar-refractivity contribution is -0.0745. The maximum atomic E-state index is 14.6. The van der Waals surface area contributed by atoms with Crippen LogP contribution < -0.4 is 4.90 Å². The van der Waals surface area contributed by atoms with E-state index in [9.17, 15) is 9.18 Å². The van der Waals surface area contributed by atoms with Gasteiger partial charge in [0.05, 0.1) is 25.4 Å². The molecule has 3 heterocycles. The van der Waals surface area contributed by atoms with Gasteiger partial charge in [0.25, 0.3) is 0 Å². The van der Waals surface area contributed by atoms with E-state index in [4.69, 9.17) is 21.1 Å². The Hall–Kier alpha value is -2.22. The second-order valence-corrected chi connectivity index (χ2v) is 8.97. The number of pyridine rings is 1. The van der Waals surface area contributed by atoms with Crippen LogP contribution in [-0.4, -0.2) is 67.4 Å². The van der Waals surface area contributed by atoms with Gasteiger partial charge in [-0.15, -0.1) is 0 Å². The Kier molecular flexibility index (Phi) is 7.28. The molecule has 6 nitrogen and oxygen atoms in total. The Morgan fingerprint density at radius 1 is 1.25 bits per heavy atom. The van der Waals surface area contributed by atoms with Crippen LogP contribution in [0.4, 0.5) is 10.1 Å². The number of hydrogen-bond donors (Lipinski definition) is 0. The second-order valence-electron chi connectivity index (χ2n) is 8.53. The average Bonchev–Trinajstić information content (AvgIpc) is 2.81. The quantitative estimate of drug-likeness (QED) is 0.496. The molecule has 4 rings (SSSR count). The van der Waals surface area contributed by atoms with Crippen molar-refractivity contribution >= 4 is 23.3 Å². The topological polar surface area (TPSA) is 54.9 Å². The number of piperidine rings is 1. The molecule has 0 bridgehead atoms. The van der Waals surface area contributed by atoms with Gasteiger partial charge in [-0.2, -0.15) is 4.39 Å². The molecule has 0 spiro atoms. The highest BCUT2D eigenvalue weighted by Gasteiger charge is 2.35. The summed E-state index contributed by atoms with van der Waals surface area (Å²) in [4.78, 5) is 20.4. The molecule has 0 N–H and O–H groups in total. The van der Waals surface area contributed by atoms with Crippen molar-refractivity contribution < 1.29 is 18.7 Å². The molecule has 0 unspecified atom stereocenters. The monoisotopic (exact) mass is 461 g/mol. The van der Waals surface area contributed by atoms with Crippen LogP contribution in [-0.2, 0) is 15.9 Å². The summed E-state index contributed by atoms with van der Waals surface area (Å²) in [5, 5.41) is 0.737. The molecule has 1 aromatic heterocycles. The molecule has 1 aromatic carbocycles. The van der Waals surface area contributed by atoms with Crippen molar-refractivity contribution in [2.75, 3.05) is 38.3 Å². The molecule has 8 heteroatoms. The Morgan fingerprint density at radius 3 is 2.66 bits per heavy atom. The minimum atomic E-state index is -0.632. The molecule has 172 valence electrons. The number of carbonyl (C=O) groups excluding carboxylic acids is 1. The number of benzene rings is 1. The van der Waals surface area contributed by atoms with Crippen LogP contribution in [0.3, 0.4) is 0 Å². The third-order valence-corrected chi connectivity index (χ3v) is 6.68. The van der Waals surface area contributed by atoms with Gasteiger partial charge in [-0.1, -0.05) is 23.7 Å². The zero-order chi connectivity index (χ0) is 22.7. The number of hydrogen-bond acceptors (Lipinski definition) is 6. The van der Waals surface area contributed by atoms with Crippen LogP contribution in [0.2, 0.25) is 5.02 Å². The third-order valence-electron chi connectivity index (χ3n) is 6.43. The molecule has 0 amide bonds. The number of anilines is 1. The van der Waals surface area contributed by atoms with Crippen molar-refractivity contribution in [2.45, 2.75) is 44.4 Å². The number of aromatic nitrogens is 1. The van der Waals surface area contributed by atoms with Gasteiger partial charge in [0.2, 0.25) is 5.95 Å². The minimum Gasteiger partial charge on any atom is -0.465 e. The van der Waals surface area contributed by atoms with Crippen molar-refractivity contribution in [2.24, 2.45) is 0 Å². The summed E-state index contributed by atoms with van der Waals surface area (Å²) < 4.78 is 25.4. The number of carbonyl (C=O) groups is 1. The first-order valence-electron chi connectivity index (χ1n) is 11.1. The molecule has 0 radical (unpaired) electrons. The van der Waals surface area contributed by atoms with Crippen molar-refractivity contribution in [3.8, 4) is 0 Å². The average molecular weight is 462 g/mol. The Morgan fingerprint density at radius 2 is 1.97 bits per heavy atom. The minimum absolute atomic E-state index is 0.177. The van der Waals surface area contributed by atoms with Gasteiger partial charge in [0.15, 0.2) is 0 Å². The van der Waals surface area contributed by atoms with E-state index < -0.39 is 11.9 Å². The maximum Gasteiger partial charge on any atom is 0.340 e. The highest BCUT2D eigenvalue weighted by Crippen LogP contribution is 2.30. The van der Waals surface area contributed by atoms with Crippen molar-refractivity contribution in [3.63, 3.8) is 0 Å². The van der Waals surface area contributed by atoms with Gasteiger partial charge in [0, 0.05) is 42.9 Å². The van der Waals surface area contributed by atoms with Crippen LogP contribution >= 0.6 is 11.6 Å². The standard InChI is InChI=1S/C24H29ClFN3O3/c1-16-14-29(20(15-32-16)13-17-3-5-18(25)6-4-17)19-8-11-28(12-9-19)22-21(24(30)31-2)7-10-27-23(22)26/h3-7,10,16,19-20H,8-9,11-15H2,1-2H3/t16-,20-/m0/s1. The number of halogens is 2. The largest absolute Gasteiger partial charge is 0.465 e. The van der Waals surface area contributed by atoms with E-state index in [0.717, 1.165) is 30.8 Å². The van der Waals surface area contributed by atoms with E-state index in [1.807, 2.05) is 17.0 Å². The summed E-state index contributed by atoms with van der Waals surface area (Å²) in [5.74, 6) is -1.18. The molecule has 2 aromatic rings. The van der Waals surface area contributed by atoms with Gasteiger partial charge in [-0.3, -0.25) is 4.90 Å². The molecule has 2 aliphatic heterocycles. The Bertz CT molecular complexity index is 935. The number of morpholine rings is 1. The van der Waals surface area contributed by atoms with Gasteiger partial charge >= 0.3 is 5.97 Å². The molecular formula is C24H29ClFN3O3. The van der Waals surface area contributed by atoms with Gasteiger partial charge in [0.1, 0.15) is 5.69 Å². The van der Waals surface area contributed by atoms with E-state index in [1.54, 1.807) is 0 Å². The van der Waals surface area contributed by atoms with E-state index in [2.05, 4.69) is 28.9 Å². The van der Waals surface area contributed by atoms with Gasteiger partial charge in [-0.25, -0.2) is 9.78 Å². The van der Waals surface area contributed by atoms with Crippen LogP contribution in [0.25, 0.3) is 0 Å². The Labute approximate surface area is 193 Å². The van der Waals surface area contributed by atoms with Crippen LogP contribution in [0.15, 0.2) is 36.5 Å². The maximum absolute atomic E-state index is 14.6. The van der Waals surface area contributed by atoms with Gasteiger partial charge < -0.3 is 14.4 Å². The second kappa shape index (κ2) is 10.1. The highest BCUT2D eigenvalue weighted by molar-refractivity contribution is 6.30. The first-order chi connectivity index (χ1) is 15.5. The van der Waals surface area contributed by atoms with Crippen LogP contribution in [0, 0.1) is 5.95 Å². The van der Waals surface area contributed by atoms with Crippen LogP contribution in [0.5, 0.6) is 0 Å². The summed E-state index contributed by atoms with van der Waals surface area (Å²) in [6, 6.07) is 10.2. The summed E-state index contributed by atoms with van der Waals surface area (Å²) in [6.07, 6.45) is 4.12. The SMILES string of the molecule is COC(=O)c1ccnc(F)c1N1CCC(N2C[C@H](C)OC[C@@H]2Cc2ccc(Cl)cc2)CC1. The number of ether oxygens (including phenoxy) is 2. The third kappa shape index (κ3) is 5.05. The summed E-state index contributed by atoms with van der Waals surface area (Å²) in [7, 11) is 1.30. The fourth-order valence-corrected chi connectivity index (χ4v) is 4.94. The molecule has 32 heavy (non-hydrogen) atoms. The molecule has 2 fully saturated rings. The lowest BCUT2D eigenvalue weighted by Crippen LogP contribution is -2.56. The molecule has 0 saturated carbocycles. The molecule has 2 aliphatic rings. The predicted octanol–water partition coefficient (Wildman–Crippen LogP) is 3.96. The summed E-state index contributed by atoms with van der Waals surface area (Å²) in [5.41, 5.74) is 1.70. The number of nitrogens with zero attached hydrogens (tertiary/aromatic N) is 3. The molecule has 2 atom stereocenters. The van der Waals surface area contributed by atoms with Crippen molar-refractivity contribution in [3.05, 3.63) is 58.6 Å². The molecule has 0 aliphatic carbocycles. The fourth-order valence-electron chi connectivity index (χ4n) is 4.81. The summed E-state index contributed by atoms with van der Waals surface area (Å²) >= 11 is 6.04. The normalized spacial score (nSPS) is 22.7. The summed E-state index contributed by atoms with van der Waals surface area (Å²) in [6.45, 7) is 4.97. The Balaban J connectivity index is 1.46. The number of rotatable bonds is 5. The van der Waals surface area contributed by atoms with E-state index in [-0.39, 0.29) is 23.4 Å². The van der Waals surface area contributed by atoms with Crippen LogP contribution in [0.1, 0.15) is 35.7 Å². The fraction of sp³-hybridized carbons (Fsp3) is 0.500. The molecule has 2 saturated heterocycles. The van der Waals surface area contributed by atoms with Gasteiger partial charge in [-0.05, 0) is 49.9 Å². The lowest BCUT2D eigenvalue weighted by atomic mass is 9.96. The molecular weight excluding hydrogens is 433 g/mol. The smallest absolute Gasteiger partial charge is 0.340 e. The van der Waals surface area contributed by atoms with E-state index >= 15 is 0 Å². The zero-order valence-electron chi connectivity index (χ0n) is 18.5. The van der Waals surface area contributed by atoms with Crippen molar-refractivity contribution in [1.29, 1.82) is 0 Å². The lowest BCUT2D eigenvalue weighted by Gasteiger charge is -2.46.